The second-order valence-corrected chi connectivity index (χ2v) is 5.88. The first-order valence-corrected chi connectivity index (χ1v) is 7.43. The van der Waals surface area contributed by atoms with Crippen LogP contribution in [0.3, 0.4) is 0 Å². The third-order valence-corrected chi connectivity index (χ3v) is 4.18. The van der Waals surface area contributed by atoms with Crippen LogP contribution in [0.5, 0.6) is 0 Å². The minimum Gasteiger partial charge on any atom is -0.282 e. The topological polar surface area (TPSA) is 46.2 Å². The maximum absolute atomic E-state index is 11.5. The molecular weight excluding hydrogens is 306 g/mol. The van der Waals surface area contributed by atoms with E-state index in [0.717, 1.165) is 28.5 Å². The van der Waals surface area contributed by atoms with Crippen LogP contribution in [0, 0.1) is 0 Å². The Labute approximate surface area is 131 Å². The molecule has 5 heteroatoms. The van der Waals surface area contributed by atoms with Crippen LogP contribution in [-0.2, 0) is 4.79 Å². The molecule has 0 spiro atoms. The van der Waals surface area contributed by atoms with Gasteiger partial charge in [-0.3, -0.25) is 14.9 Å². The third kappa shape index (κ3) is 3.01. The summed E-state index contributed by atoms with van der Waals surface area (Å²) in [6.07, 6.45) is 1.70. The van der Waals surface area contributed by atoms with Gasteiger partial charge in [0.15, 0.2) is 0 Å². The van der Waals surface area contributed by atoms with E-state index in [1.807, 2.05) is 48.5 Å². The molecule has 0 radical (unpaired) electrons. The molecule has 2 aromatic carbocycles. The highest BCUT2D eigenvalue weighted by Crippen LogP contribution is 2.29. The molecule has 0 aliphatic carbocycles. The molecule has 0 aromatic heterocycles. The predicted molar refractivity (Wildman–Crippen MR) is 86.0 cm³/mol. The highest BCUT2D eigenvalue weighted by molar-refractivity contribution is 8.18. The molecule has 1 N–H and O–H groups in total. The van der Waals surface area contributed by atoms with Gasteiger partial charge in [-0.15, -0.1) is 0 Å². The first-order chi connectivity index (χ1) is 10.1. The monoisotopic (exact) mass is 315 g/mol. The summed E-state index contributed by atoms with van der Waals surface area (Å²) in [5.74, 6) is -0.347. The second-order valence-electron chi connectivity index (χ2n) is 4.45. The van der Waals surface area contributed by atoms with Gasteiger partial charge in [-0.05, 0) is 35.0 Å². The fraction of sp³-hybridized carbons (Fsp3) is 0. The maximum atomic E-state index is 11.5. The van der Waals surface area contributed by atoms with Crippen LogP contribution >= 0.6 is 23.4 Å². The van der Waals surface area contributed by atoms with Crippen LogP contribution in [0.4, 0.5) is 4.79 Å². The van der Waals surface area contributed by atoms with Gasteiger partial charge in [0.25, 0.3) is 11.1 Å². The van der Waals surface area contributed by atoms with Gasteiger partial charge in [-0.1, -0.05) is 54.1 Å². The molecule has 0 saturated carbocycles. The van der Waals surface area contributed by atoms with Crippen molar-refractivity contribution in [2.45, 2.75) is 0 Å². The Kier molecular flexibility index (Phi) is 3.82. The molecule has 1 heterocycles. The quantitative estimate of drug-likeness (QED) is 0.839. The van der Waals surface area contributed by atoms with Gasteiger partial charge in [0.1, 0.15) is 0 Å². The van der Waals surface area contributed by atoms with Crippen LogP contribution < -0.4 is 5.32 Å². The van der Waals surface area contributed by atoms with Gasteiger partial charge in [-0.25, -0.2) is 0 Å². The van der Waals surface area contributed by atoms with Crippen molar-refractivity contribution in [1.82, 2.24) is 5.32 Å². The molecule has 1 aliphatic heterocycles. The van der Waals surface area contributed by atoms with E-state index in [-0.39, 0.29) is 11.1 Å². The van der Waals surface area contributed by atoms with E-state index in [0.29, 0.717) is 9.93 Å². The molecule has 2 aromatic rings. The number of thioether (sulfide) groups is 1. The minimum absolute atomic E-state index is 0.334. The smallest absolute Gasteiger partial charge is 0.282 e. The predicted octanol–water partition coefficient (Wildman–Crippen LogP) is 4.33. The summed E-state index contributed by atoms with van der Waals surface area (Å²) in [6, 6.07) is 15.3. The lowest BCUT2D eigenvalue weighted by Crippen LogP contribution is -2.17. The number of nitrogens with one attached hydrogen (secondary N) is 1. The normalized spacial score (nSPS) is 16.3. The largest absolute Gasteiger partial charge is 0.290 e. The van der Waals surface area contributed by atoms with Crippen LogP contribution in [-0.4, -0.2) is 11.1 Å². The summed E-state index contributed by atoms with van der Waals surface area (Å²) >= 11 is 7.08. The van der Waals surface area contributed by atoms with Crippen molar-refractivity contribution in [3.63, 3.8) is 0 Å². The summed E-state index contributed by atoms with van der Waals surface area (Å²) in [6.45, 7) is 0. The van der Waals surface area contributed by atoms with Crippen LogP contribution in [0.25, 0.3) is 17.2 Å². The van der Waals surface area contributed by atoms with Gasteiger partial charge in [0, 0.05) is 10.6 Å². The fourth-order valence-corrected chi connectivity index (χ4v) is 2.95. The van der Waals surface area contributed by atoms with Crippen LogP contribution in [0.1, 0.15) is 5.56 Å². The molecule has 3 rings (SSSR count). The van der Waals surface area contributed by atoms with Crippen molar-refractivity contribution < 1.29 is 9.59 Å². The molecule has 21 heavy (non-hydrogen) atoms. The third-order valence-electron chi connectivity index (χ3n) is 3.04. The lowest BCUT2D eigenvalue weighted by atomic mass is 10.0. The molecule has 1 fully saturated rings. The van der Waals surface area contributed by atoms with Gasteiger partial charge in [0.2, 0.25) is 0 Å². The minimum atomic E-state index is -0.347. The van der Waals surface area contributed by atoms with E-state index in [4.69, 9.17) is 11.6 Å². The summed E-state index contributed by atoms with van der Waals surface area (Å²) < 4.78 is 0. The number of imide groups is 1. The van der Waals surface area contributed by atoms with Crippen molar-refractivity contribution >= 4 is 40.6 Å². The van der Waals surface area contributed by atoms with Crippen molar-refractivity contribution in [3.8, 4) is 11.1 Å². The summed E-state index contributed by atoms with van der Waals surface area (Å²) in [4.78, 5) is 23.0. The Morgan fingerprint density at radius 3 is 2.33 bits per heavy atom. The number of amides is 2. The van der Waals surface area contributed by atoms with Gasteiger partial charge >= 0.3 is 0 Å². The van der Waals surface area contributed by atoms with Gasteiger partial charge < -0.3 is 0 Å². The van der Waals surface area contributed by atoms with Gasteiger partial charge in [-0.2, -0.15) is 0 Å². The Bertz CT molecular complexity index is 753. The standard InChI is InChI=1S/C16H10ClNO2S/c17-13-4-2-1-3-12(13)11-7-5-10(6-8-11)9-14-15(19)18-16(20)21-14/h1-9H,(H,18,19,20). The lowest BCUT2D eigenvalue weighted by Gasteiger charge is -2.04. The molecular formula is C16H10ClNO2S. The molecule has 2 amide bonds. The van der Waals surface area contributed by atoms with E-state index in [1.165, 1.54) is 0 Å². The first kappa shape index (κ1) is 13.9. The second kappa shape index (κ2) is 5.76. The van der Waals surface area contributed by atoms with Crippen LogP contribution in [0.15, 0.2) is 53.4 Å². The summed E-state index contributed by atoms with van der Waals surface area (Å²) in [7, 11) is 0. The van der Waals surface area contributed by atoms with E-state index in [1.54, 1.807) is 6.08 Å². The molecule has 1 aliphatic rings. The van der Waals surface area contributed by atoms with E-state index in [2.05, 4.69) is 5.32 Å². The lowest BCUT2D eigenvalue weighted by molar-refractivity contribution is -0.115. The molecule has 0 unspecified atom stereocenters. The highest BCUT2D eigenvalue weighted by Gasteiger charge is 2.24. The van der Waals surface area contributed by atoms with Crippen LogP contribution in [0.2, 0.25) is 5.02 Å². The summed E-state index contributed by atoms with van der Waals surface area (Å²) in [5.41, 5.74) is 2.82. The zero-order valence-corrected chi connectivity index (χ0v) is 12.4. The molecule has 0 atom stereocenters. The zero-order valence-electron chi connectivity index (χ0n) is 10.8. The zero-order chi connectivity index (χ0) is 14.8. The molecule has 104 valence electrons. The number of benzene rings is 2. The first-order valence-electron chi connectivity index (χ1n) is 6.23. The number of hydrogen-bond acceptors (Lipinski definition) is 3. The molecule has 0 bridgehead atoms. The Hall–Kier alpha value is -2.04. The SMILES string of the molecule is O=C1NC(=O)C(=Cc2ccc(-c3ccccc3Cl)cc2)S1. The van der Waals surface area contributed by atoms with Crippen molar-refractivity contribution in [2.75, 3.05) is 0 Å². The number of rotatable bonds is 2. The van der Waals surface area contributed by atoms with E-state index < -0.39 is 0 Å². The Morgan fingerprint density at radius 1 is 1.00 bits per heavy atom. The highest BCUT2D eigenvalue weighted by atomic mass is 35.5. The molecule has 1 saturated heterocycles. The van der Waals surface area contributed by atoms with Crippen molar-refractivity contribution in [2.24, 2.45) is 0 Å². The van der Waals surface area contributed by atoms with Crippen molar-refractivity contribution in [3.05, 3.63) is 64.0 Å². The molecule has 3 nitrogen and oxygen atoms in total. The number of carbonyl (C=O) groups is 2. The number of halogens is 1. The van der Waals surface area contributed by atoms with E-state index >= 15 is 0 Å². The Morgan fingerprint density at radius 2 is 1.71 bits per heavy atom. The average molecular weight is 316 g/mol. The number of carbonyl (C=O) groups excluding carboxylic acids is 2. The average Bonchev–Trinajstić information content (AvgIpc) is 2.78. The van der Waals surface area contributed by atoms with E-state index in [9.17, 15) is 9.59 Å². The fourth-order valence-electron chi connectivity index (χ4n) is 2.03. The number of hydrogen-bond donors (Lipinski definition) is 1. The summed E-state index contributed by atoms with van der Waals surface area (Å²) in [5, 5.41) is 2.59. The maximum Gasteiger partial charge on any atom is 0.290 e. The Balaban J connectivity index is 1.89. The van der Waals surface area contributed by atoms with Gasteiger partial charge in [0.05, 0.1) is 4.91 Å². The van der Waals surface area contributed by atoms with Crippen molar-refractivity contribution in [1.29, 1.82) is 0 Å².